The lowest BCUT2D eigenvalue weighted by Crippen LogP contribution is -2.24. The molecule has 0 radical (unpaired) electrons. The number of carboxylic acid groups (broad SMARTS) is 1. The first-order valence-electron chi connectivity index (χ1n) is 3.60. The summed E-state index contributed by atoms with van der Waals surface area (Å²) in [5, 5.41) is 8.45. The molecule has 1 heterocycles. The Bertz CT molecular complexity index is 369. The highest BCUT2D eigenvalue weighted by molar-refractivity contribution is 5.66. The van der Waals surface area contributed by atoms with Crippen LogP contribution in [0.25, 0.3) is 0 Å². The molecule has 13 heavy (non-hydrogen) atoms. The summed E-state index contributed by atoms with van der Waals surface area (Å²) in [6, 6.07) is 3.05. The lowest BCUT2D eigenvalue weighted by atomic mass is 10.4. The SMILES string of the molecule is COc1cccn(CC(=O)O)c1=O. The van der Waals surface area contributed by atoms with Gasteiger partial charge in [0, 0.05) is 6.20 Å². The van der Waals surface area contributed by atoms with Crippen molar-refractivity contribution in [1.29, 1.82) is 0 Å². The highest BCUT2D eigenvalue weighted by Crippen LogP contribution is 1.99. The zero-order valence-electron chi connectivity index (χ0n) is 7.06. The first-order chi connectivity index (χ1) is 6.15. The largest absolute Gasteiger partial charge is 0.491 e. The normalized spacial score (nSPS) is 9.62. The number of carbonyl (C=O) groups is 1. The highest BCUT2D eigenvalue weighted by Gasteiger charge is 2.04. The number of hydrogen-bond acceptors (Lipinski definition) is 3. The Hall–Kier alpha value is -1.78. The Balaban J connectivity index is 3.09. The molecule has 0 aliphatic carbocycles. The Labute approximate surface area is 74.2 Å². The minimum Gasteiger partial charge on any atom is -0.491 e. The summed E-state index contributed by atoms with van der Waals surface area (Å²) < 4.78 is 5.81. The van der Waals surface area contributed by atoms with Gasteiger partial charge in [-0.2, -0.15) is 0 Å². The third-order valence-corrected chi connectivity index (χ3v) is 1.51. The molecule has 5 heteroatoms. The van der Waals surface area contributed by atoms with E-state index in [9.17, 15) is 9.59 Å². The summed E-state index contributed by atoms with van der Waals surface area (Å²) >= 11 is 0. The van der Waals surface area contributed by atoms with Gasteiger partial charge in [-0.15, -0.1) is 0 Å². The third-order valence-electron chi connectivity index (χ3n) is 1.51. The molecule has 0 aliphatic heterocycles. The van der Waals surface area contributed by atoms with Gasteiger partial charge in [0.15, 0.2) is 5.75 Å². The number of rotatable bonds is 3. The van der Waals surface area contributed by atoms with Gasteiger partial charge in [-0.05, 0) is 12.1 Å². The van der Waals surface area contributed by atoms with E-state index in [1.54, 1.807) is 6.07 Å². The number of methoxy groups -OCH3 is 1. The summed E-state index contributed by atoms with van der Waals surface area (Å²) in [6.07, 6.45) is 1.40. The van der Waals surface area contributed by atoms with Crippen LogP contribution in [0.15, 0.2) is 23.1 Å². The summed E-state index contributed by atoms with van der Waals surface area (Å²) in [7, 11) is 1.36. The Kier molecular flexibility index (Phi) is 2.69. The molecule has 0 atom stereocenters. The maximum atomic E-state index is 11.3. The van der Waals surface area contributed by atoms with Gasteiger partial charge in [-0.1, -0.05) is 0 Å². The Morgan fingerprint density at radius 1 is 1.69 bits per heavy atom. The van der Waals surface area contributed by atoms with Crippen molar-refractivity contribution in [2.24, 2.45) is 0 Å². The summed E-state index contributed by atoms with van der Waals surface area (Å²) in [6.45, 7) is -0.351. The van der Waals surface area contributed by atoms with Crippen molar-refractivity contribution in [1.82, 2.24) is 4.57 Å². The van der Waals surface area contributed by atoms with Crippen LogP contribution in [0.3, 0.4) is 0 Å². The number of aliphatic carboxylic acids is 1. The van der Waals surface area contributed by atoms with E-state index in [0.717, 1.165) is 4.57 Å². The molecule has 0 saturated heterocycles. The lowest BCUT2D eigenvalue weighted by Gasteiger charge is -2.03. The van der Waals surface area contributed by atoms with E-state index in [1.165, 1.54) is 19.4 Å². The molecule has 1 N–H and O–H groups in total. The van der Waals surface area contributed by atoms with Crippen molar-refractivity contribution >= 4 is 5.97 Å². The zero-order chi connectivity index (χ0) is 9.84. The van der Waals surface area contributed by atoms with Crippen LogP contribution in [0.2, 0.25) is 0 Å². The Morgan fingerprint density at radius 2 is 2.38 bits per heavy atom. The average molecular weight is 183 g/mol. The summed E-state index contributed by atoms with van der Waals surface area (Å²) in [5.41, 5.74) is -0.438. The van der Waals surface area contributed by atoms with Crippen LogP contribution in [0.5, 0.6) is 5.75 Å². The van der Waals surface area contributed by atoms with Crippen molar-refractivity contribution in [2.75, 3.05) is 7.11 Å². The van der Waals surface area contributed by atoms with Gasteiger partial charge in [0.1, 0.15) is 6.54 Å². The van der Waals surface area contributed by atoms with Crippen molar-refractivity contribution in [3.05, 3.63) is 28.7 Å². The van der Waals surface area contributed by atoms with E-state index >= 15 is 0 Å². The van der Waals surface area contributed by atoms with Gasteiger partial charge in [-0.25, -0.2) is 0 Å². The predicted molar refractivity (Wildman–Crippen MR) is 44.9 cm³/mol. The van der Waals surface area contributed by atoms with Crippen LogP contribution >= 0.6 is 0 Å². The lowest BCUT2D eigenvalue weighted by molar-refractivity contribution is -0.137. The molecule has 1 aromatic heterocycles. The summed E-state index contributed by atoms with van der Waals surface area (Å²) in [5.74, 6) is -0.917. The molecule has 0 saturated carbocycles. The van der Waals surface area contributed by atoms with Crippen molar-refractivity contribution in [3.8, 4) is 5.75 Å². The summed E-state index contributed by atoms with van der Waals surface area (Å²) in [4.78, 5) is 21.6. The van der Waals surface area contributed by atoms with Crippen molar-refractivity contribution in [2.45, 2.75) is 6.54 Å². The number of carboxylic acids is 1. The molecule has 0 spiro atoms. The molecule has 0 fully saturated rings. The second-order valence-corrected chi connectivity index (χ2v) is 2.40. The number of hydrogen-bond donors (Lipinski definition) is 1. The molecular weight excluding hydrogens is 174 g/mol. The first kappa shape index (κ1) is 9.31. The maximum Gasteiger partial charge on any atom is 0.323 e. The monoisotopic (exact) mass is 183 g/mol. The van der Waals surface area contributed by atoms with Crippen LogP contribution in [0, 0.1) is 0 Å². The Morgan fingerprint density at radius 3 is 2.92 bits per heavy atom. The minimum absolute atomic E-state index is 0.142. The van der Waals surface area contributed by atoms with Gasteiger partial charge in [0.25, 0.3) is 5.56 Å². The smallest absolute Gasteiger partial charge is 0.323 e. The third kappa shape index (κ3) is 2.08. The minimum atomic E-state index is -1.06. The molecule has 0 amide bonds. The van der Waals surface area contributed by atoms with Crippen LogP contribution in [0.4, 0.5) is 0 Å². The van der Waals surface area contributed by atoms with Crippen molar-refractivity contribution in [3.63, 3.8) is 0 Å². The zero-order valence-corrected chi connectivity index (χ0v) is 7.06. The van der Waals surface area contributed by atoms with E-state index in [0.29, 0.717) is 0 Å². The van der Waals surface area contributed by atoms with E-state index in [2.05, 4.69) is 0 Å². The maximum absolute atomic E-state index is 11.3. The second-order valence-electron chi connectivity index (χ2n) is 2.40. The van der Waals surface area contributed by atoms with E-state index < -0.39 is 11.5 Å². The van der Waals surface area contributed by atoms with Crippen molar-refractivity contribution < 1.29 is 14.6 Å². The molecule has 0 bridgehead atoms. The number of pyridine rings is 1. The molecule has 0 aliphatic rings. The van der Waals surface area contributed by atoms with Crippen LogP contribution < -0.4 is 10.3 Å². The van der Waals surface area contributed by atoms with Gasteiger partial charge >= 0.3 is 5.97 Å². The molecular formula is C8H9NO4. The quantitative estimate of drug-likeness (QED) is 0.712. The van der Waals surface area contributed by atoms with Gasteiger partial charge in [0.05, 0.1) is 7.11 Å². The molecule has 1 aromatic rings. The fourth-order valence-corrected chi connectivity index (χ4v) is 0.940. The number of nitrogens with zero attached hydrogens (tertiary/aromatic N) is 1. The molecule has 70 valence electrons. The second kappa shape index (κ2) is 3.75. The van der Waals surface area contributed by atoms with Gasteiger partial charge < -0.3 is 14.4 Å². The fourth-order valence-electron chi connectivity index (χ4n) is 0.940. The topological polar surface area (TPSA) is 68.5 Å². The van der Waals surface area contributed by atoms with E-state index in [1.807, 2.05) is 0 Å². The van der Waals surface area contributed by atoms with Crippen LogP contribution in [-0.4, -0.2) is 22.8 Å². The molecule has 0 unspecified atom stereocenters. The van der Waals surface area contributed by atoms with Crippen LogP contribution in [-0.2, 0) is 11.3 Å². The van der Waals surface area contributed by atoms with E-state index in [4.69, 9.17) is 9.84 Å². The van der Waals surface area contributed by atoms with Gasteiger partial charge in [0.2, 0.25) is 0 Å². The predicted octanol–water partition coefficient (Wildman–Crippen LogP) is -0.0585. The van der Waals surface area contributed by atoms with Crippen LogP contribution in [0.1, 0.15) is 0 Å². The average Bonchev–Trinajstić information content (AvgIpc) is 2.08. The molecule has 5 nitrogen and oxygen atoms in total. The fraction of sp³-hybridized carbons (Fsp3) is 0.250. The molecule has 0 aromatic carbocycles. The number of ether oxygens (including phenoxy) is 1. The van der Waals surface area contributed by atoms with E-state index in [-0.39, 0.29) is 12.3 Å². The first-order valence-corrected chi connectivity index (χ1v) is 3.60. The molecule has 1 rings (SSSR count). The highest BCUT2D eigenvalue weighted by atomic mass is 16.5. The standard InChI is InChI=1S/C8H9NO4/c1-13-6-3-2-4-9(8(6)12)5-7(10)11/h2-4H,5H2,1H3,(H,10,11). The number of aromatic nitrogens is 1. The van der Waals surface area contributed by atoms with Gasteiger partial charge in [-0.3, -0.25) is 9.59 Å².